The first-order valence-corrected chi connectivity index (χ1v) is 6.58. The fraction of sp³-hybridized carbons (Fsp3) is 0.833. The number of likely N-dealkylation sites (N-methyl/N-ethyl adjacent to an activating group) is 1. The largest absolute Gasteiger partial charge is 0.351 e. The van der Waals surface area contributed by atoms with Crippen molar-refractivity contribution in [2.24, 2.45) is 5.92 Å². The van der Waals surface area contributed by atoms with Gasteiger partial charge in [-0.05, 0) is 25.4 Å². The van der Waals surface area contributed by atoms with Gasteiger partial charge < -0.3 is 20.4 Å². The van der Waals surface area contributed by atoms with Crippen LogP contribution in [-0.2, 0) is 4.79 Å². The number of nitrogens with zero attached hydrogens (tertiary/aromatic N) is 2. The second-order valence-corrected chi connectivity index (χ2v) is 5.27. The third-order valence-electron chi connectivity index (χ3n) is 3.77. The van der Waals surface area contributed by atoms with E-state index in [1.165, 1.54) is 0 Å². The van der Waals surface area contributed by atoms with Crippen LogP contribution in [0, 0.1) is 5.92 Å². The van der Waals surface area contributed by atoms with Gasteiger partial charge in [0.05, 0.1) is 0 Å². The number of carbonyl (C=O) groups is 2. The molecule has 102 valence electrons. The summed E-state index contributed by atoms with van der Waals surface area (Å²) < 4.78 is 0. The first-order valence-electron chi connectivity index (χ1n) is 6.58. The van der Waals surface area contributed by atoms with Gasteiger partial charge in [0, 0.05) is 26.2 Å². The third kappa shape index (κ3) is 2.93. The highest BCUT2D eigenvalue weighted by atomic mass is 16.2. The monoisotopic (exact) mass is 254 g/mol. The summed E-state index contributed by atoms with van der Waals surface area (Å²) in [5.74, 6) is 0.400. The van der Waals surface area contributed by atoms with Gasteiger partial charge in [0.25, 0.3) is 0 Å². The Morgan fingerprint density at radius 3 is 2.89 bits per heavy atom. The zero-order valence-corrected chi connectivity index (χ0v) is 11.1. The number of urea groups is 1. The van der Waals surface area contributed by atoms with Crippen molar-refractivity contribution in [1.82, 2.24) is 20.4 Å². The lowest BCUT2D eigenvalue weighted by Crippen LogP contribution is -2.50. The van der Waals surface area contributed by atoms with E-state index >= 15 is 0 Å². The van der Waals surface area contributed by atoms with Crippen molar-refractivity contribution < 1.29 is 9.59 Å². The maximum Gasteiger partial charge on any atom is 0.320 e. The number of nitrogens with one attached hydrogen (secondary N) is 2. The standard InChI is InChI=1S/C12H22N4O2/c1-9-7-13-4-3-10(9)14-11(17)8-16-6-5-15(2)12(16)18/h9-10,13H,3-8H2,1-2H3,(H,14,17)/t9-,10+/m0/s1. The van der Waals surface area contributed by atoms with E-state index in [1.807, 2.05) is 0 Å². The van der Waals surface area contributed by atoms with Crippen LogP contribution in [0.1, 0.15) is 13.3 Å². The number of piperidine rings is 1. The smallest absolute Gasteiger partial charge is 0.320 e. The fourth-order valence-corrected chi connectivity index (χ4v) is 2.50. The molecule has 0 aromatic rings. The lowest BCUT2D eigenvalue weighted by atomic mass is 9.95. The van der Waals surface area contributed by atoms with Crippen LogP contribution in [0.4, 0.5) is 4.79 Å². The lowest BCUT2D eigenvalue weighted by molar-refractivity contribution is -0.122. The van der Waals surface area contributed by atoms with Crippen molar-refractivity contribution in [2.75, 3.05) is 39.8 Å². The Morgan fingerprint density at radius 1 is 1.50 bits per heavy atom. The highest BCUT2D eigenvalue weighted by Gasteiger charge is 2.28. The average molecular weight is 254 g/mol. The Bertz CT molecular complexity index is 334. The molecule has 2 aliphatic heterocycles. The molecule has 2 saturated heterocycles. The molecule has 6 nitrogen and oxygen atoms in total. The van der Waals surface area contributed by atoms with E-state index in [9.17, 15) is 9.59 Å². The minimum absolute atomic E-state index is 0.0441. The van der Waals surface area contributed by atoms with Gasteiger partial charge in [-0.15, -0.1) is 0 Å². The number of rotatable bonds is 3. The maximum absolute atomic E-state index is 11.9. The molecular formula is C12H22N4O2. The molecule has 18 heavy (non-hydrogen) atoms. The van der Waals surface area contributed by atoms with Crippen LogP contribution in [0.25, 0.3) is 0 Å². The van der Waals surface area contributed by atoms with Crippen LogP contribution in [0.2, 0.25) is 0 Å². The van der Waals surface area contributed by atoms with Crippen LogP contribution in [0.15, 0.2) is 0 Å². The summed E-state index contributed by atoms with van der Waals surface area (Å²) in [7, 11) is 1.76. The minimum atomic E-state index is -0.0523. The summed E-state index contributed by atoms with van der Waals surface area (Å²) in [5, 5.41) is 6.34. The second-order valence-electron chi connectivity index (χ2n) is 5.27. The molecule has 0 aromatic carbocycles. The molecule has 2 heterocycles. The summed E-state index contributed by atoms with van der Waals surface area (Å²) in [5.41, 5.74) is 0. The van der Waals surface area contributed by atoms with Crippen molar-refractivity contribution in [3.8, 4) is 0 Å². The van der Waals surface area contributed by atoms with Gasteiger partial charge in [-0.3, -0.25) is 4.79 Å². The van der Waals surface area contributed by atoms with Crippen LogP contribution in [-0.4, -0.2) is 67.6 Å². The SMILES string of the molecule is C[C@H]1CNCC[C@H]1NC(=O)CN1CCN(C)C1=O. The van der Waals surface area contributed by atoms with Crippen LogP contribution < -0.4 is 10.6 Å². The Labute approximate surface area is 108 Å². The molecule has 2 N–H and O–H groups in total. The van der Waals surface area contributed by atoms with Gasteiger partial charge in [0.15, 0.2) is 0 Å². The summed E-state index contributed by atoms with van der Waals surface area (Å²) >= 11 is 0. The van der Waals surface area contributed by atoms with Crippen molar-refractivity contribution in [2.45, 2.75) is 19.4 Å². The molecule has 0 spiro atoms. The summed E-state index contributed by atoms with van der Waals surface area (Å²) in [6.07, 6.45) is 0.959. The van der Waals surface area contributed by atoms with Gasteiger partial charge in [0.2, 0.25) is 5.91 Å². The predicted octanol–water partition coefficient (Wildman–Crippen LogP) is -0.532. The minimum Gasteiger partial charge on any atom is -0.351 e. The lowest BCUT2D eigenvalue weighted by Gasteiger charge is -2.30. The van der Waals surface area contributed by atoms with Crippen LogP contribution in [0.3, 0.4) is 0 Å². The maximum atomic E-state index is 11.9. The first kappa shape index (κ1) is 13.1. The molecule has 0 aromatic heterocycles. The molecule has 0 aliphatic carbocycles. The molecule has 6 heteroatoms. The van der Waals surface area contributed by atoms with Crippen molar-refractivity contribution >= 4 is 11.9 Å². The Kier molecular flexibility index (Phi) is 4.06. The molecular weight excluding hydrogens is 232 g/mol. The van der Waals surface area contributed by atoms with Gasteiger partial charge in [0.1, 0.15) is 6.54 Å². The first-order chi connectivity index (χ1) is 8.58. The van der Waals surface area contributed by atoms with E-state index in [-0.39, 0.29) is 24.5 Å². The van der Waals surface area contributed by atoms with Gasteiger partial charge in [-0.25, -0.2) is 4.79 Å². The number of hydrogen-bond donors (Lipinski definition) is 2. The van der Waals surface area contributed by atoms with E-state index in [1.54, 1.807) is 16.8 Å². The number of hydrogen-bond acceptors (Lipinski definition) is 3. The molecule has 0 bridgehead atoms. The van der Waals surface area contributed by atoms with E-state index < -0.39 is 0 Å². The van der Waals surface area contributed by atoms with Crippen LogP contribution in [0.5, 0.6) is 0 Å². The molecule has 2 aliphatic rings. The normalized spacial score (nSPS) is 28.7. The average Bonchev–Trinajstić information content (AvgIpc) is 2.64. The molecule has 2 fully saturated rings. The van der Waals surface area contributed by atoms with Gasteiger partial charge in [-0.1, -0.05) is 6.92 Å². The quantitative estimate of drug-likeness (QED) is 0.711. The molecule has 0 unspecified atom stereocenters. The zero-order valence-electron chi connectivity index (χ0n) is 11.1. The Morgan fingerprint density at radius 2 is 2.28 bits per heavy atom. The van der Waals surface area contributed by atoms with Gasteiger partial charge in [-0.2, -0.15) is 0 Å². The van der Waals surface area contributed by atoms with Crippen molar-refractivity contribution in [3.05, 3.63) is 0 Å². The molecule has 2 rings (SSSR count). The summed E-state index contributed by atoms with van der Waals surface area (Å²) in [6, 6.07) is 0.178. The summed E-state index contributed by atoms with van der Waals surface area (Å²) in [4.78, 5) is 26.8. The number of carbonyl (C=O) groups excluding carboxylic acids is 2. The second kappa shape index (κ2) is 5.56. The van der Waals surface area contributed by atoms with Crippen molar-refractivity contribution in [1.29, 1.82) is 0 Å². The van der Waals surface area contributed by atoms with Crippen LogP contribution >= 0.6 is 0 Å². The zero-order chi connectivity index (χ0) is 13.1. The van der Waals surface area contributed by atoms with E-state index in [0.717, 1.165) is 19.5 Å². The predicted molar refractivity (Wildman–Crippen MR) is 68.2 cm³/mol. The van der Waals surface area contributed by atoms with E-state index in [2.05, 4.69) is 17.6 Å². The molecule has 0 saturated carbocycles. The molecule has 0 radical (unpaired) electrons. The van der Waals surface area contributed by atoms with Gasteiger partial charge >= 0.3 is 6.03 Å². The molecule has 3 amide bonds. The molecule has 2 atom stereocenters. The topological polar surface area (TPSA) is 64.7 Å². The van der Waals surface area contributed by atoms with Crippen molar-refractivity contribution in [3.63, 3.8) is 0 Å². The van der Waals surface area contributed by atoms with E-state index in [4.69, 9.17) is 0 Å². The fourth-order valence-electron chi connectivity index (χ4n) is 2.50. The Hall–Kier alpha value is -1.30. The highest BCUT2D eigenvalue weighted by molar-refractivity contribution is 5.85. The highest BCUT2D eigenvalue weighted by Crippen LogP contribution is 2.11. The third-order valence-corrected chi connectivity index (χ3v) is 3.77. The van der Waals surface area contributed by atoms with E-state index in [0.29, 0.717) is 19.0 Å². The Balaban J connectivity index is 1.80. The summed E-state index contributed by atoms with van der Waals surface area (Å²) in [6.45, 7) is 5.54. The number of amides is 3.